The fourth-order valence-corrected chi connectivity index (χ4v) is 4.60. The van der Waals surface area contributed by atoms with Gasteiger partial charge in [-0.2, -0.15) is 24.9 Å². The number of nitrogens with zero attached hydrogens (tertiary/aromatic N) is 3. The van der Waals surface area contributed by atoms with Crippen LogP contribution in [0.3, 0.4) is 0 Å². The number of hydrogen-bond donors (Lipinski definition) is 0. The Morgan fingerprint density at radius 2 is 1.94 bits per heavy atom. The van der Waals surface area contributed by atoms with Crippen molar-refractivity contribution in [1.29, 1.82) is 0 Å². The number of thioether (sulfide) groups is 1. The number of hydrogen-bond acceptors (Lipinski definition) is 2. The molecule has 0 aliphatic carbocycles. The summed E-state index contributed by atoms with van der Waals surface area (Å²) in [6.07, 6.45) is -0.356. The quantitative estimate of drug-likeness (QED) is 0.313. The fourth-order valence-electron chi connectivity index (χ4n) is 3.80. The van der Waals surface area contributed by atoms with Gasteiger partial charge < -0.3 is 4.57 Å². The van der Waals surface area contributed by atoms with Crippen LogP contribution < -0.4 is 5.69 Å². The lowest BCUT2D eigenvalue weighted by Gasteiger charge is -2.12. The molecule has 3 aromatic rings. The molecule has 0 radical (unpaired) electrons. The van der Waals surface area contributed by atoms with Crippen molar-refractivity contribution in [2.24, 2.45) is 0 Å². The van der Waals surface area contributed by atoms with Crippen molar-refractivity contribution in [3.8, 4) is 0 Å². The van der Waals surface area contributed by atoms with Crippen molar-refractivity contribution in [2.75, 3.05) is 12.0 Å². The summed E-state index contributed by atoms with van der Waals surface area (Å²) in [6, 6.07) is 7.41. The molecule has 0 unspecified atom stereocenters. The van der Waals surface area contributed by atoms with Gasteiger partial charge in [0.15, 0.2) is 0 Å². The number of rotatable bonds is 9. The van der Waals surface area contributed by atoms with E-state index in [0.717, 1.165) is 28.8 Å². The zero-order valence-electron chi connectivity index (χ0n) is 17.4. The van der Waals surface area contributed by atoms with Crippen LogP contribution in [0.25, 0.3) is 22.0 Å². The second-order valence-corrected chi connectivity index (χ2v) is 9.13. The Kier molecular flexibility index (Phi) is 7.57. The molecule has 2 aromatic heterocycles. The van der Waals surface area contributed by atoms with Gasteiger partial charge in [0, 0.05) is 28.2 Å². The van der Waals surface area contributed by atoms with E-state index in [1.54, 1.807) is 17.8 Å². The van der Waals surface area contributed by atoms with Gasteiger partial charge in [-0.3, -0.25) is 9.13 Å². The Hall–Kier alpha value is -2.03. The smallest absolute Gasteiger partial charge is 0.343 e. The van der Waals surface area contributed by atoms with Gasteiger partial charge in [0.1, 0.15) is 6.54 Å². The summed E-state index contributed by atoms with van der Waals surface area (Å²) < 4.78 is 43.4. The summed E-state index contributed by atoms with van der Waals surface area (Å²) in [5.74, 6) is 0.947. The normalized spacial score (nSPS) is 11.9. The maximum absolute atomic E-state index is 13.2. The third kappa shape index (κ3) is 5.13. The summed E-state index contributed by atoms with van der Waals surface area (Å²) >= 11 is 13.9. The molecule has 0 aliphatic rings. The van der Waals surface area contributed by atoms with E-state index in [2.05, 4.69) is 17.7 Å². The van der Waals surface area contributed by atoms with Gasteiger partial charge in [0.05, 0.1) is 23.0 Å². The van der Waals surface area contributed by atoms with Crippen molar-refractivity contribution in [3.05, 3.63) is 70.0 Å². The van der Waals surface area contributed by atoms with Gasteiger partial charge in [0.2, 0.25) is 0 Å². The minimum absolute atomic E-state index is 0.0494. The molecule has 0 aliphatic heterocycles. The third-order valence-corrected chi connectivity index (χ3v) is 6.16. The maximum atomic E-state index is 13.2. The van der Waals surface area contributed by atoms with Gasteiger partial charge in [-0.05, 0) is 48.8 Å². The zero-order valence-corrected chi connectivity index (χ0v) is 19.7. The molecule has 4 nitrogen and oxygen atoms in total. The molecule has 0 amide bonds. The number of aromatic nitrogens is 3. The second-order valence-electron chi connectivity index (χ2n) is 7.25. The summed E-state index contributed by atoms with van der Waals surface area (Å²) in [7, 11) is 0. The first-order valence-corrected chi connectivity index (χ1v) is 11.9. The van der Waals surface area contributed by atoms with Crippen LogP contribution in [0, 0.1) is 0 Å². The van der Waals surface area contributed by atoms with Crippen LogP contribution >= 0.6 is 35.0 Å². The summed E-state index contributed by atoms with van der Waals surface area (Å²) in [5, 5.41) is 1.31. The molecule has 0 atom stereocenters. The SMILES string of the molecule is C=Cc1c(C(=C)Cl)n(CC(F)(F)F)c(=O)n1Cc1cc2cc(Cl)ccc2n1CCCSC. The number of halogens is 5. The highest BCUT2D eigenvalue weighted by molar-refractivity contribution is 7.98. The van der Waals surface area contributed by atoms with Crippen LogP contribution in [-0.4, -0.2) is 31.9 Å². The standard InChI is InChI=1S/C22H22Cl2F3N3OS/c1-4-18-20(14(2)23)30(13-22(25,26)27)21(31)29(18)12-17-11-15-10-16(24)6-7-19(15)28(17)8-5-9-32-3/h4,6-7,10-11H,1-2,5,8-9,12-13H2,3H3. The summed E-state index contributed by atoms with van der Waals surface area (Å²) in [6.45, 7) is 6.51. The number of fused-ring (bicyclic) bond motifs is 1. The average Bonchev–Trinajstić information content (AvgIpc) is 3.16. The molecule has 10 heteroatoms. The van der Waals surface area contributed by atoms with Crippen LogP contribution in [0.4, 0.5) is 13.2 Å². The Morgan fingerprint density at radius 3 is 2.53 bits per heavy atom. The van der Waals surface area contributed by atoms with E-state index >= 15 is 0 Å². The Labute approximate surface area is 197 Å². The predicted octanol–water partition coefficient (Wildman–Crippen LogP) is 6.47. The molecule has 0 fully saturated rings. The monoisotopic (exact) mass is 503 g/mol. The first kappa shape index (κ1) is 24.6. The van der Waals surface area contributed by atoms with E-state index in [9.17, 15) is 18.0 Å². The minimum Gasteiger partial charge on any atom is -0.343 e. The molecule has 0 saturated carbocycles. The van der Waals surface area contributed by atoms with Crippen LogP contribution in [0.2, 0.25) is 5.02 Å². The lowest BCUT2D eigenvalue weighted by molar-refractivity contribution is -0.141. The largest absolute Gasteiger partial charge is 0.406 e. The Bertz CT molecular complexity index is 1220. The lowest BCUT2D eigenvalue weighted by atomic mass is 10.2. The molecule has 0 saturated heterocycles. The van der Waals surface area contributed by atoms with Gasteiger partial charge in [-0.15, -0.1) is 0 Å². The third-order valence-electron chi connectivity index (χ3n) is 5.05. The second kappa shape index (κ2) is 9.85. The maximum Gasteiger partial charge on any atom is 0.406 e. The van der Waals surface area contributed by atoms with Gasteiger partial charge in [-0.25, -0.2) is 4.79 Å². The van der Waals surface area contributed by atoms with E-state index in [1.165, 1.54) is 10.6 Å². The number of imidazole rings is 1. The van der Waals surface area contributed by atoms with Gasteiger partial charge in [-0.1, -0.05) is 36.4 Å². The van der Waals surface area contributed by atoms with Crippen LogP contribution in [-0.2, 0) is 19.6 Å². The first-order valence-electron chi connectivity index (χ1n) is 9.71. The summed E-state index contributed by atoms with van der Waals surface area (Å²) in [4.78, 5) is 13.0. The average molecular weight is 504 g/mol. The minimum atomic E-state index is -4.60. The predicted molar refractivity (Wildman–Crippen MR) is 129 cm³/mol. The van der Waals surface area contributed by atoms with E-state index < -0.39 is 18.4 Å². The van der Waals surface area contributed by atoms with Crippen LogP contribution in [0.15, 0.2) is 42.2 Å². The Balaban J connectivity index is 2.17. The molecule has 0 N–H and O–H groups in total. The highest BCUT2D eigenvalue weighted by Gasteiger charge is 2.32. The van der Waals surface area contributed by atoms with Crippen LogP contribution in [0.1, 0.15) is 23.5 Å². The van der Waals surface area contributed by atoms with Crippen LogP contribution in [0.5, 0.6) is 0 Å². The molecule has 0 spiro atoms. The number of benzene rings is 1. The summed E-state index contributed by atoms with van der Waals surface area (Å²) in [5.41, 5.74) is 0.989. The number of alkyl halides is 3. The van der Waals surface area contributed by atoms with Crippen molar-refractivity contribution in [2.45, 2.75) is 32.2 Å². The molecular weight excluding hydrogens is 482 g/mol. The van der Waals surface area contributed by atoms with E-state index in [-0.39, 0.29) is 23.0 Å². The molecule has 1 aromatic carbocycles. The van der Waals surface area contributed by atoms with Gasteiger partial charge >= 0.3 is 11.9 Å². The van der Waals surface area contributed by atoms with E-state index in [0.29, 0.717) is 16.1 Å². The first-order chi connectivity index (χ1) is 15.1. The highest BCUT2D eigenvalue weighted by Crippen LogP contribution is 2.28. The van der Waals surface area contributed by atoms with Crippen molar-refractivity contribution >= 4 is 57.0 Å². The highest BCUT2D eigenvalue weighted by atomic mass is 35.5. The van der Waals surface area contributed by atoms with Crippen molar-refractivity contribution in [3.63, 3.8) is 0 Å². The number of aryl methyl sites for hydroxylation is 1. The molecule has 32 heavy (non-hydrogen) atoms. The zero-order chi connectivity index (χ0) is 23.6. The molecule has 0 bridgehead atoms. The molecule has 3 rings (SSSR count). The lowest BCUT2D eigenvalue weighted by Crippen LogP contribution is -2.31. The topological polar surface area (TPSA) is 31.9 Å². The van der Waals surface area contributed by atoms with Gasteiger partial charge in [0.25, 0.3) is 0 Å². The molecular formula is C22H22Cl2F3N3OS. The molecule has 172 valence electrons. The Morgan fingerprint density at radius 1 is 1.22 bits per heavy atom. The van der Waals surface area contributed by atoms with Crippen molar-refractivity contribution in [1.82, 2.24) is 13.7 Å². The molecule has 2 heterocycles. The van der Waals surface area contributed by atoms with E-state index in [4.69, 9.17) is 23.2 Å². The van der Waals surface area contributed by atoms with Crippen molar-refractivity contribution < 1.29 is 13.2 Å². The fraction of sp³-hybridized carbons (Fsp3) is 0.318. The van der Waals surface area contributed by atoms with E-state index in [1.807, 2.05) is 24.5 Å².